The number of nitrogens with one attached hydrogen (secondary N) is 1. The highest BCUT2D eigenvalue weighted by Crippen LogP contribution is 2.53. The number of aryl methyl sites for hydroxylation is 1. The average molecular weight is 383 g/mol. The number of aromatic nitrogens is 7. The van der Waals surface area contributed by atoms with Gasteiger partial charge < -0.3 is 9.40 Å². The molecule has 1 aliphatic rings. The average Bonchev–Trinajstić information content (AvgIpc) is 3.10. The highest BCUT2D eigenvalue weighted by atomic mass is 16.4. The highest BCUT2D eigenvalue weighted by molar-refractivity contribution is 5.93. The standard InChI is InChI=1S/C21H17N7O/c1-28-12-14(9-25-28)13-7-16-17(11-24-18(16)23-8-13)19-26-27-20(29-19)21(4-5-21)15-3-2-6-22-10-15/h2-3,6-12H,4-5H2,1H3,(H,23,24). The summed E-state index contributed by atoms with van der Waals surface area (Å²) in [6, 6.07) is 6.08. The lowest BCUT2D eigenvalue weighted by Gasteiger charge is -2.09. The molecule has 1 saturated carbocycles. The molecule has 1 fully saturated rings. The van der Waals surface area contributed by atoms with E-state index in [9.17, 15) is 0 Å². The second kappa shape index (κ2) is 5.84. The number of pyridine rings is 2. The van der Waals surface area contributed by atoms with Gasteiger partial charge in [0.2, 0.25) is 11.8 Å². The maximum absolute atomic E-state index is 6.15. The number of hydrogen-bond acceptors (Lipinski definition) is 6. The molecule has 5 heterocycles. The molecule has 142 valence electrons. The van der Waals surface area contributed by atoms with Gasteiger partial charge in [-0.15, -0.1) is 10.2 Å². The summed E-state index contributed by atoms with van der Waals surface area (Å²) in [7, 11) is 1.90. The van der Waals surface area contributed by atoms with Crippen LogP contribution in [-0.4, -0.2) is 34.9 Å². The third-order valence-electron chi connectivity index (χ3n) is 5.60. The summed E-state index contributed by atoms with van der Waals surface area (Å²) in [6.45, 7) is 0. The number of H-pyrrole nitrogens is 1. The minimum atomic E-state index is -0.204. The molecular formula is C21H17N7O. The van der Waals surface area contributed by atoms with Crippen LogP contribution >= 0.6 is 0 Å². The van der Waals surface area contributed by atoms with Gasteiger partial charge >= 0.3 is 0 Å². The maximum atomic E-state index is 6.15. The van der Waals surface area contributed by atoms with Crippen LogP contribution in [0.3, 0.4) is 0 Å². The Morgan fingerprint density at radius 2 is 2.07 bits per heavy atom. The SMILES string of the molecule is Cn1cc(-c2cnc3[nH]cc(-c4nnc(C5(c6cccnc6)CC5)o4)c3c2)cn1. The first-order valence-corrected chi connectivity index (χ1v) is 9.44. The van der Waals surface area contributed by atoms with E-state index in [4.69, 9.17) is 4.42 Å². The van der Waals surface area contributed by atoms with Gasteiger partial charge in [0, 0.05) is 54.5 Å². The van der Waals surface area contributed by atoms with Crippen molar-refractivity contribution >= 4 is 11.0 Å². The van der Waals surface area contributed by atoms with E-state index in [1.165, 1.54) is 0 Å². The second-order valence-corrected chi connectivity index (χ2v) is 7.46. The molecular weight excluding hydrogens is 366 g/mol. The van der Waals surface area contributed by atoms with Crippen LogP contribution in [0.1, 0.15) is 24.3 Å². The fourth-order valence-electron chi connectivity index (χ4n) is 3.83. The predicted octanol–water partition coefficient (Wildman–Crippen LogP) is 3.49. The summed E-state index contributed by atoms with van der Waals surface area (Å²) in [5.74, 6) is 1.14. The molecule has 0 aromatic carbocycles. The van der Waals surface area contributed by atoms with E-state index in [-0.39, 0.29) is 5.41 Å². The molecule has 1 N–H and O–H groups in total. The quantitative estimate of drug-likeness (QED) is 0.510. The Kier molecular flexibility index (Phi) is 3.26. The smallest absolute Gasteiger partial charge is 0.249 e. The zero-order valence-electron chi connectivity index (χ0n) is 15.7. The van der Waals surface area contributed by atoms with Gasteiger partial charge in [-0.3, -0.25) is 9.67 Å². The Balaban J connectivity index is 1.42. The first-order chi connectivity index (χ1) is 14.2. The van der Waals surface area contributed by atoms with E-state index in [1.807, 2.05) is 44.1 Å². The van der Waals surface area contributed by atoms with Gasteiger partial charge in [0.25, 0.3) is 0 Å². The van der Waals surface area contributed by atoms with E-state index in [1.54, 1.807) is 10.9 Å². The van der Waals surface area contributed by atoms with Gasteiger partial charge in [-0.2, -0.15) is 5.10 Å². The summed E-state index contributed by atoms with van der Waals surface area (Å²) >= 11 is 0. The molecule has 8 nitrogen and oxygen atoms in total. The minimum absolute atomic E-state index is 0.204. The Morgan fingerprint density at radius 1 is 1.14 bits per heavy atom. The van der Waals surface area contributed by atoms with Gasteiger partial charge in [-0.25, -0.2) is 4.98 Å². The Labute approximate surface area is 165 Å². The molecule has 6 rings (SSSR count). The summed E-state index contributed by atoms with van der Waals surface area (Å²) in [4.78, 5) is 12.0. The van der Waals surface area contributed by atoms with Crippen molar-refractivity contribution in [3.05, 3.63) is 66.8 Å². The largest absolute Gasteiger partial charge is 0.420 e. The van der Waals surface area contributed by atoms with Crippen molar-refractivity contribution in [2.24, 2.45) is 7.05 Å². The van der Waals surface area contributed by atoms with Gasteiger partial charge in [0.1, 0.15) is 5.65 Å². The first-order valence-electron chi connectivity index (χ1n) is 9.44. The molecule has 8 heteroatoms. The molecule has 0 radical (unpaired) electrons. The van der Waals surface area contributed by atoms with Gasteiger partial charge in [-0.05, 0) is 30.5 Å². The van der Waals surface area contributed by atoms with E-state index in [0.717, 1.165) is 46.1 Å². The minimum Gasteiger partial charge on any atom is -0.420 e. The summed E-state index contributed by atoms with van der Waals surface area (Å²) in [6.07, 6.45) is 13.1. The molecule has 0 saturated heterocycles. The second-order valence-electron chi connectivity index (χ2n) is 7.46. The van der Waals surface area contributed by atoms with Crippen LogP contribution in [0.2, 0.25) is 0 Å². The molecule has 0 amide bonds. The third kappa shape index (κ3) is 2.49. The van der Waals surface area contributed by atoms with Gasteiger partial charge in [-0.1, -0.05) is 6.07 Å². The lowest BCUT2D eigenvalue weighted by Crippen LogP contribution is -2.09. The fraction of sp³-hybridized carbons (Fsp3) is 0.190. The third-order valence-corrected chi connectivity index (χ3v) is 5.60. The number of hydrogen-bond donors (Lipinski definition) is 1. The zero-order valence-corrected chi connectivity index (χ0v) is 15.7. The Hall–Kier alpha value is -3.81. The fourth-order valence-corrected chi connectivity index (χ4v) is 3.83. The summed E-state index contributed by atoms with van der Waals surface area (Å²) < 4.78 is 7.93. The molecule has 0 aliphatic heterocycles. The lowest BCUT2D eigenvalue weighted by molar-refractivity contribution is 0.472. The van der Waals surface area contributed by atoms with Gasteiger partial charge in [0.05, 0.1) is 17.2 Å². The van der Waals surface area contributed by atoms with Crippen LogP contribution in [0, 0.1) is 0 Å². The van der Waals surface area contributed by atoms with Crippen LogP contribution in [0.5, 0.6) is 0 Å². The number of aromatic amines is 1. The molecule has 1 aliphatic carbocycles. The number of rotatable bonds is 4. The normalized spacial score (nSPS) is 15.1. The van der Waals surface area contributed by atoms with Crippen molar-refractivity contribution in [2.45, 2.75) is 18.3 Å². The van der Waals surface area contributed by atoms with Crippen LogP contribution < -0.4 is 0 Å². The van der Waals surface area contributed by atoms with Crippen LogP contribution in [0.15, 0.2) is 59.8 Å². The lowest BCUT2D eigenvalue weighted by atomic mass is 9.98. The number of nitrogens with zero attached hydrogens (tertiary/aromatic N) is 6. The van der Waals surface area contributed by atoms with Crippen LogP contribution in [-0.2, 0) is 12.5 Å². The van der Waals surface area contributed by atoms with E-state index < -0.39 is 0 Å². The van der Waals surface area contributed by atoms with Crippen molar-refractivity contribution in [1.82, 2.24) is 34.9 Å². The summed E-state index contributed by atoms with van der Waals surface area (Å²) in [5, 5.41) is 13.9. The van der Waals surface area contributed by atoms with Crippen molar-refractivity contribution in [1.29, 1.82) is 0 Å². The van der Waals surface area contributed by atoms with Gasteiger partial charge in [0.15, 0.2) is 0 Å². The number of fused-ring (bicyclic) bond motifs is 1. The first kappa shape index (κ1) is 16.2. The van der Waals surface area contributed by atoms with E-state index in [0.29, 0.717) is 11.8 Å². The van der Waals surface area contributed by atoms with Crippen molar-refractivity contribution in [3.8, 4) is 22.6 Å². The van der Waals surface area contributed by atoms with Crippen molar-refractivity contribution in [2.75, 3.05) is 0 Å². The van der Waals surface area contributed by atoms with Crippen molar-refractivity contribution in [3.63, 3.8) is 0 Å². The van der Waals surface area contributed by atoms with Crippen molar-refractivity contribution < 1.29 is 4.42 Å². The monoisotopic (exact) mass is 383 g/mol. The highest BCUT2D eigenvalue weighted by Gasteiger charge is 2.51. The molecule has 0 atom stereocenters. The molecule has 0 spiro atoms. The molecule has 5 aromatic heterocycles. The molecule has 0 unspecified atom stereocenters. The molecule has 5 aromatic rings. The Morgan fingerprint density at radius 3 is 2.83 bits per heavy atom. The van der Waals surface area contributed by atoms with Crippen LogP contribution in [0.25, 0.3) is 33.6 Å². The topological polar surface area (TPSA) is 98.3 Å². The molecule has 29 heavy (non-hydrogen) atoms. The maximum Gasteiger partial charge on any atom is 0.249 e. The van der Waals surface area contributed by atoms with E-state index >= 15 is 0 Å². The van der Waals surface area contributed by atoms with E-state index in [2.05, 4.69) is 42.4 Å². The predicted molar refractivity (Wildman–Crippen MR) is 106 cm³/mol. The zero-order chi connectivity index (χ0) is 19.4. The summed E-state index contributed by atoms with van der Waals surface area (Å²) in [5.41, 5.74) is 4.54. The molecule has 0 bridgehead atoms. The van der Waals surface area contributed by atoms with Crippen LogP contribution in [0.4, 0.5) is 0 Å². The Bertz CT molecular complexity index is 1330.